The number of carbonyl (C=O) groups is 1. The minimum absolute atomic E-state index is 0.149. The predicted octanol–water partition coefficient (Wildman–Crippen LogP) is 4.19. The fourth-order valence-electron chi connectivity index (χ4n) is 3.23. The van der Waals surface area contributed by atoms with Crippen LogP contribution in [0.5, 0.6) is 0 Å². The zero-order valence-corrected chi connectivity index (χ0v) is 15.9. The van der Waals surface area contributed by atoms with E-state index in [0.29, 0.717) is 16.6 Å². The number of amides is 1. The van der Waals surface area contributed by atoms with Crippen molar-refractivity contribution in [2.45, 2.75) is 18.8 Å². The third-order valence-corrected chi connectivity index (χ3v) is 6.26. The number of nitrogens with zero attached hydrogens (tertiary/aromatic N) is 2. The van der Waals surface area contributed by atoms with Gasteiger partial charge in [0.1, 0.15) is 0 Å². The molecule has 1 amide bonds. The van der Waals surface area contributed by atoms with Crippen LogP contribution in [0.4, 0.5) is 0 Å². The molecule has 0 aliphatic carbocycles. The molecule has 0 unspecified atom stereocenters. The Kier molecular flexibility index (Phi) is 4.95. The van der Waals surface area contributed by atoms with E-state index in [-0.39, 0.29) is 5.91 Å². The van der Waals surface area contributed by atoms with E-state index in [1.807, 2.05) is 24.3 Å². The molecule has 0 saturated carbocycles. The Hall–Kier alpha value is -2.31. The number of para-hydroxylation sites is 1. The largest absolute Gasteiger partial charge is 0.349 e. The van der Waals surface area contributed by atoms with Gasteiger partial charge in [-0.3, -0.25) is 10.1 Å². The smallest absolute Gasteiger partial charge is 0.257 e. The highest BCUT2D eigenvalue weighted by molar-refractivity contribution is 7.80. The minimum atomic E-state index is -0.149. The molecule has 1 saturated heterocycles. The molecule has 0 radical (unpaired) electrons. The third kappa shape index (κ3) is 3.61. The van der Waals surface area contributed by atoms with Gasteiger partial charge in [-0.1, -0.05) is 30.3 Å². The molecule has 2 aromatic carbocycles. The SMILES string of the molecule is O=C(NC(=S)N1CCC(c2nc3ccccc3s2)CC1)c1ccccc1. The Morgan fingerprint density at radius 3 is 2.50 bits per heavy atom. The zero-order chi connectivity index (χ0) is 17.9. The summed E-state index contributed by atoms with van der Waals surface area (Å²) in [5.41, 5.74) is 1.71. The number of carbonyl (C=O) groups excluding carboxylic acids is 1. The summed E-state index contributed by atoms with van der Waals surface area (Å²) >= 11 is 7.23. The monoisotopic (exact) mass is 381 g/mol. The summed E-state index contributed by atoms with van der Waals surface area (Å²) in [6.45, 7) is 1.68. The number of hydrogen-bond donors (Lipinski definition) is 1. The van der Waals surface area contributed by atoms with E-state index in [2.05, 4.69) is 28.4 Å². The first kappa shape index (κ1) is 17.1. The normalized spacial score (nSPS) is 15.2. The lowest BCUT2D eigenvalue weighted by molar-refractivity contribution is 0.0972. The molecule has 4 nitrogen and oxygen atoms in total. The van der Waals surface area contributed by atoms with Crippen molar-refractivity contribution in [2.75, 3.05) is 13.1 Å². The van der Waals surface area contributed by atoms with E-state index < -0.39 is 0 Å². The first-order valence-corrected chi connectivity index (χ1v) is 9.94. The third-order valence-electron chi connectivity index (χ3n) is 4.70. The second-order valence-electron chi connectivity index (χ2n) is 6.41. The van der Waals surface area contributed by atoms with Gasteiger partial charge in [0.15, 0.2) is 5.11 Å². The lowest BCUT2D eigenvalue weighted by Gasteiger charge is -2.32. The number of aromatic nitrogens is 1. The molecule has 6 heteroatoms. The molecule has 4 rings (SSSR count). The number of piperidine rings is 1. The van der Waals surface area contributed by atoms with Crippen LogP contribution in [0, 0.1) is 0 Å². The summed E-state index contributed by atoms with van der Waals surface area (Å²) in [5, 5.41) is 4.58. The zero-order valence-electron chi connectivity index (χ0n) is 14.2. The van der Waals surface area contributed by atoms with Crippen molar-refractivity contribution in [3.8, 4) is 0 Å². The number of benzene rings is 2. The van der Waals surface area contributed by atoms with Gasteiger partial charge in [-0.2, -0.15) is 0 Å². The molecule has 132 valence electrons. The molecule has 1 aliphatic heterocycles. The molecular formula is C20H19N3OS2. The number of likely N-dealkylation sites (tertiary alicyclic amines) is 1. The van der Waals surface area contributed by atoms with Gasteiger partial charge in [-0.05, 0) is 49.3 Å². The Morgan fingerprint density at radius 1 is 1.08 bits per heavy atom. The highest BCUT2D eigenvalue weighted by Crippen LogP contribution is 2.33. The number of fused-ring (bicyclic) bond motifs is 1. The van der Waals surface area contributed by atoms with E-state index in [9.17, 15) is 4.79 Å². The van der Waals surface area contributed by atoms with Crippen LogP contribution in [-0.2, 0) is 0 Å². The van der Waals surface area contributed by atoms with E-state index >= 15 is 0 Å². The summed E-state index contributed by atoms with van der Waals surface area (Å²) in [6, 6.07) is 17.4. The number of rotatable bonds is 2. The van der Waals surface area contributed by atoms with Crippen molar-refractivity contribution in [1.82, 2.24) is 15.2 Å². The Morgan fingerprint density at radius 2 is 1.77 bits per heavy atom. The van der Waals surface area contributed by atoms with Crippen LogP contribution in [0.2, 0.25) is 0 Å². The lowest BCUT2D eigenvalue weighted by atomic mass is 9.98. The topological polar surface area (TPSA) is 45.2 Å². The van der Waals surface area contributed by atoms with Gasteiger partial charge in [0, 0.05) is 24.6 Å². The van der Waals surface area contributed by atoms with Crippen molar-refractivity contribution in [1.29, 1.82) is 0 Å². The predicted molar refractivity (Wildman–Crippen MR) is 110 cm³/mol. The maximum absolute atomic E-state index is 12.2. The van der Waals surface area contributed by atoms with Crippen LogP contribution in [0.15, 0.2) is 54.6 Å². The standard InChI is InChI=1S/C20H19N3OS2/c24-18(14-6-2-1-3-7-14)22-20(25)23-12-10-15(11-13-23)19-21-16-8-4-5-9-17(16)26-19/h1-9,15H,10-13H2,(H,22,24,25). The Balaban J connectivity index is 1.35. The van der Waals surface area contributed by atoms with Crippen molar-refractivity contribution in [2.24, 2.45) is 0 Å². The number of thiazole rings is 1. The average Bonchev–Trinajstić information content (AvgIpc) is 3.13. The molecule has 0 spiro atoms. The highest BCUT2D eigenvalue weighted by Gasteiger charge is 2.25. The quantitative estimate of drug-likeness (QED) is 0.676. The fourth-order valence-corrected chi connectivity index (χ4v) is 4.64. The number of hydrogen-bond acceptors (Lipinski definition) is 4. The molecule has 1 N–H and O–H groups in total. The second-order valence-corrected chi connectivity index (χ2v) is 7.86. The molecule has 2 heterocycles. The van der Waals surface area contributed by atoms with Crippen LogP contribution in [-0.4, -0.2) is 34.0 Å². The fraction of sp³-hybridized carbons (Fsp3) is 0.250. The van der Waals surface area contributed by atoms with Gasteiger partial charge in [-0.15, -0.1) is 11.3 Å². The van der Waals surface area contributed by atoms with Crippen LogP contribution in [0.1, 0.15) is 34.1 Å². The molecule has 1 aliphatic rings. The van der Waals surface area contributed by atoms with Crippen LogP contribution in [0.3, 0.4) is 0 Å². The Bertz CT molecular complexity index is 897. The molecular weight excluding hydrogens is 362 g/mol. The summed E-state index contributed by atoms with van der Waals surface area (Å²) in [4.78, 5) is 19.1. The minimum Gasteiger partial charge on any atom is -0.349 e. The summed E-state index contributed by atoms with van der Waals surface area (Å²) in [5.74, 6) is 0.320. The lowest BCUT2D eigenvalue weighted by Crippen LogP contribution is -2.46. The first-order chi connectivity index (χ1) is 12.7. The average molecular weight is 382 g/mol. The highest BCUT2D eigenvalue weighted by atomic mass is 32.1. The van der Waals surface area contributed by atoms with Gasteiger partial charge >= 0.3 is 0 Å². The maximum atomic E-state index is 12.2. The molecule has 0 bridgehead atoms. The van der Waals surface area contributed by atoms with Gasteiger partial charge in [0.25, 0.3) is 5.91 Å². The van der Waals surface area contributed by atoms with Crippen LogP contribution < -0.4 is 5.32 Å². The van der Waals surface area contributed by atoms with Crippen molar-refractivity contribution >= 4 is 44.8 Å². The number of nitrogens with one attached hydrogen (secondary N) is 1. The molecule has 1 fully saturated rings. The molecule has 3 aromatic rings. The Labute approximate surface area is 161 Å². The van der Waals surface area contributed by atoms with E-state index in [1.165, 1.54) is 9.71 Å². The molecule has 26 heavy (non-hydrogen) atoms. The van der Waals surface area contributed by atoms with E-state index in [4.69, 9.17) is 17.2 Å². The van der Waals surface area contributed by atoms with Crippen molar-refractivity contribution < 1.29 is 4.79 Å². The van der Waals surface area contributed by atoms with Crippen LogP contribution >= 0.6 is 23.6 Å². The van der Waals surface area contributed by atoms with Crippen LogP contribution in [0.25, 0.3) is 10.2 Å². The number of thiocarbonyl (C=S) groups is 1. The summed E-state index contributed by atoms with van der Waals surface area (Å²) < 4.78 is 1.25. The van der Waals surface area contributed by atoms with Crippen molar-refractivity contribution in [3.05, 3.63) is 65.2 Å². The van der Waals surface area contributed by atoms with E-state index in [0.717, 1.165) is 31.4 Å². The van der Waals surface area contributed by atoms with Gasteiger partial charge in [-0.25, -0.2) is 4.98 Å². The van der Waals surface area contributed by atoms with Gasteiger partial charge in [0.2, 0.25) is 0 Å². The van der Waals surface area contributed by atoms with Gasteiger partial charge < -0.3 is 4.90 Å². The summed E-state index contributed by atoms with van der Waals surface area (Å²) in [6.07, 6.45) is 2.00. The second kappa shape index (κ2) is 7.51. The van der Waals surface area contributed by atoms with Crippen molar-refractivity contribution in [3.63, 3.8) is 0 Å². The van der Waals surface area contributed by atoms with Gasteiger partial charge in [0.05, 0.1) is 15.2 Å². The summed E-state index contributed by atoms with van der Waals surface area (Å²) in [7, 11) is 0. The maximum Gasteiger partial charge on any atom is 0.257 e. The molecule has 1 aromatic heterocycles. The molecule has 0 atom stereocenters. The van der Waals surface area contributed by atoms with E-state index in [1.54, 1.807) is 23.5 Å². The first-order valence-electron chi connectivity index (χ1n) is 8.71.